The summed E-state index contributed by atoms with van der Waals surface area (Å²) in [6.07, 6.45) is 1.33. The van der Waals surface area contributed by atoms with Gasteiger partial charge in [0.15, 0.2) is 0 Å². The molecule has 2 aromatic rings. The third-order valence-corrected chi connectivity index (χ3v) is 4.60. The Morgan fingerprint density at radius 1 is 1.04 bits per heavy atom. The number of carbonyl (C=O) groups is 2. The molecule has 1 heterocycles. The number of amides is 2. The molecular formula is C20H22N2O4. The summed E-state index contributed by atoms with van der Waals surface area (Å²) < 4.78 is 5.23. The number of phenolic OH excluding ortho intramolecular Hbond substituents is 1. The number of phenols is 1. The maximum atomic E-state index is 12.5. The van der Waals surface area contributed by atoms with E-state index in [1.165, 1.54) is 13.2 Å². The first-order valence-electron chi connectivity index (χ1n) is 8.61. The highest BCUT2D eigenvalue weighted by molar-refractivity contribution is 5.97. The molecule has 0 radical (unpaired) electrons. The van der Waals surface area contributed by atoms with Gasteiger partial charge in [-0.25, -0.2) is 0 Å². The molecule has 1 aliphatic heterocycles. The van der Waals surface area contributed by atoms with Gasteiger partial charge in [-0.2, -0.15) is 0 Å². The average Bonchev–Trinajstić information content (AvgIpc) is 2.68. The fourth-order valence-corrected chi connectivity index (χ4v) is 3.15. The van der Waals surface area contributed by atoms with E-state index in [4.69, 9.17) is 4.74 Å². The van der Waals surface area contributed by atoms with E-state index in [1.807, 2.05) is 6.07 Å². The van der Waals surface area contributed by atoms with Crippen LogP contribution in [0.4, 0.5) is 0 Å². The Kier molecular flexibility index (Phi) is 5.41. The smallest absolute Gasteiger partial charge is 0.257 e. The van der Waals surface area contributed by atoms with Crippen molar-refractivity contribution in [3.05, 3.63) is 59.7 Å². The number of hydrogen-bond acceptors (Lipinski definition) is 4. The molecule has 3 rings (SSSR count). The number of likely N-dealkylation sites (tertiary alicyclic amines) is 1. The van der Waals surface area contributed by atoms with Crippen LogP contribution in [0, 0.1) is 0 Å². The van der Waals surface area contributed by atoms with Crippen LogP contribution in [0.2, 0.25) is 0 Å². The molecule has 2 N–H and O–H groups in total. The molecule has 1 fully saturated rings. The maximum absolute atomic E-state index is 12.5. The van der Waals surface area contributed by atoms with Gasteiger partial charge in [-0.15, -0.1) is 0 Å². The Bertz CT molecular complexity index is 798. The van der Waals surface area contributed by atoms with Crippen LogP contribution in [0.25, 0.3) is 0 Å². The van der Waals surface area contributed by atoms with Crippen LogP contribution in [0.3, 0.4) is 0 Å². The maximum Gasteiger partial charge on any atom is 0.257 e. The first-order chi connectivity index (χ1) is 12.6. The van der Waals surface area contributed by atoms with E-state index >= 15 is 0 Å². The van der Waals surface area contributed by atoms with E-state index in [0.29, 0.717) is 42.8 Å². The standard InChI is InChI=1S/C20H22N2O4/c1-26-18-9-5-3-7-16(18)19(24)21-14-10-12-22(13-11-14)20(25)15-6-2-4-8-17(15)23/h2-9,14,23H,10-13H2,1H3,(H,21,24). The van der Waals surface area contributed by atoms with Gasteiger partial charge in [-0.3, -0.25) is 9.59 Å². The lowest BCUT2D eigenvalue weighted by Crippen LogP contribution is -2.46. The molecule has 0 aliphatic carbocycles. The van der Waals surface area contributed by atoms with Crippen LogP contribution >= 0.6 is 0 Å². The van der Waals surface area contributed by atoms with E-state index in [2.05, 4.69) is 5.32 Å². The van der Waals surface area contributed by atoms with Crippen molar-refractivity contribution in [2.45, 2.75) is 18.9 Å². The lowest BCUT2D eigenvalue weighted by atomic mass is 10.0. The Hall–Kier alpha value is -3.02. The van der Waals surface area contributed by atoms with E-state index in [-0.39, 0.29) is 23.6 Å². The van der Waals surface area contributed by atoms with E-state index in [0.717, 1.165) is 0 Å². The third-order valence-electron chi connectivity index (χ3n) is 4.60. The summed E-state index contributed by atoms with van der Waals surface area (Å²) in [6, 6.07) is 13.6. The largest absolute Gasteiger partial charge is 0.507 e. The minimum atomic E-state index is -0.183. The van der Waals surface area contributed by atoms with Gasteiger partial charge in [0.1, 0.15) is 11.5 Å². The fraction of sp³-hybridized carbons (Fsp3) is 0.300. The number of para-hydroxylation sites is 2. The highest BCUT2D eigenvalue weighted by Crippen LogP contribution is 2.21. The minimum Gasteiger partial charge on any atom is -0.507 e. The number of benzene rings is 2. The molecular weight excluding hydrogens is 332 g/mol. The second-order valence-corrected chi connectivity index (χ2v) is 6.26. The number of carbonyl (C=O) groups excluding carboxylic acids is 2. The monoisotopic (exact) mass is 354 g/mol. The number of ether oxygens (including phenoxy) is 1. The lowest BCUT2D eigenvalue weighted by Gasteiger charge is -2.32. The van der Waals surface area contributed by atoms with Crippen molar-refractivity contribution >= 4 is 11.8 Å². The van der Waals surface area contributed by atoms with Gasteiger partial charge in [0, 0.05) is 19.1 Å². The molecule has 136 valence electrons. The molecule has 0 saturated carbocycles. The van der Waals surface area contributed by atoms with E-state index < -0.39 is 0 Å². The summed E-state index contributed by atoms with van der Waals surface area (Å²) in [5, 5.41) is 12.9. The zero-order chi connectivity index (χ0) is 18.5. The predicted octanol–water partition coefficient (Wildman–Crippen LogP) is 2.44. The molecule has 26 heavy (non-hydrogen) atoms. The predicted molar refractivity (Wildman–Crippen MR) is 97.5 cm³/mol. The summed E-state index contributed by atoms with van der Waals surface area (Å²) in [5.74, 6) is 0.173. The van der Waals surface area contributed by atoms with Gasteiger partial charge in [0.2, 0.25) is 0 Å². The van der Waals surface area contributed by atoms with Crippen LogP contribution < -0.4 is 10.1 Å². The quantitative estimate of drug-likeness (QED) is 0.884. The molecule has 0 unspecified atom stereocenters. The van der Waals surface area contributed by atoms with Crippen LogP contribution in [0.5, 0.6) is 11.5 Å². The fourth-order valence-electron chi connectivity index (χ4n) is 3.15. The normalized spacial score (nSPS) is 14.7. The van der Waals surface area contributed by atoms with Gasteiger partial charge in [-0.05, 0) is 37.1 Å². The Labute approximate surface area is 152 Å². The van der Waals surface area contributed by atoms with Crippen LogP contribution in [-0.2, 0) is 0 Å². The number of hydrogen-bond donors (Lipinski definition) is 2. The molecule has 2 aromatic carbocycles. The summed E-state index contributed by atoms with van der Waals surface area (Å²) >= 11 is 0. The number of methoxy groups -OCH3 is 1. The number of rotatable bonds is 4. The summed E-state index contributed by atoms with van der Waals surface area (Å²) in [5.41, 5.74) is 0.812. The first kappa shape index (κ1) is 17.8. The van der Waals surface area contributed by atoms with Crippen molar-refractivity contribution < 1.29 is 19.4 Å². The second-order valence-electron chi connectivity index (χ2n) is 6.26. The van der Waals surface area contributed by atoms with Crippen molar-refractivity contribution in [1.82, 2.24) is 10.2 Å². The van der Waals surface area contributed by atoms with E-state index in [9.17, 15) is 14.7 Å². The zero-order valence-corrected chi connectivity index (χ0v) is 14.6. The van der Waals surface area contributed by atoms with Crippen LogP contribution in [0.1, 0.15) is 33.6 Å². The zero-order valence-electron chi connectivity index (χ0n) is 14.6. The first-order valence-corrected chi connectivity index (χ1v) is 8.61. The van der Waals surface area contributed by atoms with Crippen LogP contribution in [0.15, 0.2) is 48.5 Å². The van der Waals surface area contributed by atoms with Crippen molar-refractivity contribution in [3.63, 3.8) is 0 Å². The summed E-state index contributed by atoms with van der Waals surface area (Å²) in [4.78, 5) is 26.7. The van der Waals surface area contributed by atoms with Gasteiger partial charge < -0.3 is 20.1 Å². The van der Waals surface area contributed by atoms with Crippen LogP contribution in [-0.4, -0.2) is 48.1 Å². The molecule has 1 aliphatic rings. The van der Waals surface area contributed by atoms with Crippen molar-refractivity contribution in [1.29, 1.82) is 0 Å². The van der Waals surface area contributed by atoms with Crippen molar-refractivity contribution in [2.75, 3.05) is 20.2 Å². The topological polar surface area (TPSA) is 78.9 Å². The van der Waals surface area contributed by atoms with Gasteiger partial charge in [-0.1, -0.05) is 24.3 Å². The molecule has 0 atom stereocenters. The lowest BCUT2D eigenvalue weighted by molar-refractivity contribution is 0.0695. The molecule has 0 spiro atoms. The SMILES string of the molecule is COc1ccccc1C(=O)NC1CCN(C(=O)c2ccccc2O)CC1. The molecule has 0 aromatic heterocycles. The highest BCUT2D eigenvalue weighted by atomic mass is 16.5. The Balaban J connectivity index is 1.58. The van der Waals surface area contributed by atoms with Crippen molar-refractivity contribution in [2.24, 2.45) is 0 Å². The van der Waals surface area contributed by atoms with Gasteiger partial charge in [0.25, 0.3) is 11.8 Å². The summed E-state index contributed by atoms with van der Waals surface area (Å²) in [6.45, 7) is 1.06. The third kappa shape index (κ3) is 3.79. The highest BCUT2D eigenvalue weighted by Gasteiger charge is 2.26. The van der Waals surface area contributed by atoms with Gasteiger partial charge in [0.05, 0.1) is 18.2 Å². The molecule has 1 saturated heterocycles. The second kappa shape index (κ2) is 7.91. The molecule has 6 heteroatoms. The molecule has 0 bridgehead atoms. The Morgan fingerprint density at radius 3 is 2.31 bits per heavy atom. The summed E-state index contributed by atoms with van der Waals surface area (Å²) in [7, 11) is 1.54. The minimum absolute atomic E-state index is 0.000771. The average molecular weight is 354 g/mol. The van der Waals surface area contributed by atoms with Gasteiger partial charge >= 0.3 is 0 Å². The number of piperidine rings is 1. The number of nitrogens with zero attached hydrogens (tertiary/aromatic N) is 1. The molecule has 2 amide bonds. The number of nitrogens with one attached hydrogen (secondary N) is 1. The van der Waals surface area contributed by atoms with E-state index in [1.54, 1.807) is 41.3 Å². The number of aromatic hydroxyl groups is 1. The Morgan fingerprint density at radius 2 is 1.65 bits per heavy atom. The molecule has 6 nitrogen and oxygen atoms in total. The van der Waals surface area contributed by atoms with Crippen molar-refractivity contribution in [3.8, 4) is 11.5 Å².